The van der Waals surface area contributed by atoms with Gasteiger partial charge in [0, 0.05) is 13.1 Å². The van der Waals surface area contributed by atoms with Crippen LogP contribution in [0.15, 0.2) is 13.5 Å². The van der Waals surface area contributed by atoms with Crippen molar-refractivity contribution in [2.45, 2.75) is 19.3 Å². The highest BCUT2D eigenvalue weighted by molar-refractivity contribution is 8.22. The Morgan fingerprint density at radius 2 is 1.24 bits per heavy atom. The highest BCUT2D eigenvalue weighted by Crippen LogP contribution is 2.87. The Morgan fingerprint density at radius 1 is 0.706 bits per heavy atom. The molecule has 1 atom stereocenters. The van der Waals surface area contributed by atoms with Crippen molar-refractivity contribution < 1.29 is 0 Å². The zero-order chi connectivity index (χ0) is 12.7. The van der Waals surface area contributed by atoms with Crippen LogP contribution in [0.3, 0.4) is 0 Å². The fraction of sp³-hybridized carbons (Fsp3) is 1.00. The molecular formula is C5H10Cl5N4P3. The van der Waals surface area contributed by atoms with Crippen LogP contribution in [0.1, 0.15) is 19.3 Å². The van der Waals surface area contributed by atoms with E-state index in [9.17, 15) is 0 Å². The summed E-state index contributed by atoms with van der Waals surface area (Å²) in [5.41, 5.74) is 0. The first-order valence-electron chi connectivity index (χ1n) is 4.88. The minimum absolute atomic E-state index is 0.825. The molecule has 4 nitrogen and oxygen atoms in total. The maximum Gasteiger partial charge on any atom is 0.257 e. The Hall–Kier alpha value is 2.10. The maximum absolute atomic E-state index is 6.48. The Bertz CT molecular complexity index is 464. The molecule has 0 N–H and O–H groups in total. The largest absolute Gasteiger partial charge is 0.257 e. The number of piperidine rings is 1. The van der Waals surface area contributed by atoms with Crippen molar-refractivity contribution in [1.82, 2.24) is 4.67 Å². The fourth-order valence-electron chi connectivity index (χ4n) is 1.70. The summed E-state index contributed by atoms with van der Waals surface area (Å²) in [5.74, 6) is -5.77. The van der Waals surface area contributed by atoms with Gasteiger partial charge in [0.2, 0.25) is 6.71 Å². The Labute approximate surface area is 125 Å². The molecule has 12 heteroatoms. The summed E-state index contributed by atoms with van der Waals surface area (Å²) in [6.45, 7) is -0.999. The van der Waals surface area contributed by atoms with Crippen molar-refractivity contribution in [3.05, 3.63) is 0 Å². The van der Waals surface area contributed by atoms with E-state index in [1.165, 1.54) is 6.42 Å². The summed E-state index contributed by atoms with van der Waals surface area (Å²) in [6, 6.07) is 0. The predicted octanol–water partition coefficient (Wildman–Crippen LogP) is 7.52. The second-order valence-corrected chi connectivity index (χ2v) is 17.3. The van der Waals surface area contributed by atoms with Crippen molar-refractivity contribution in [2.24, 2.45) is 13.5 Å². The van der Waals surface area contributed by atoms with E-state index in [1.54, 1.807) is 0 Å². The van der Waals surface area contributed by atoms with Crippen LogP contribution in [-0.2, 0) is 0 Å². The summed E-state index contributed by atoms with van der Waals surface area (Å²) in [5, 5.41) is 0. The molecule has 0 aromatic carbocycles. The molecule has 2 rings (SSSR count). The second-order valence-electron chi connectivity index (χ2n) is 3.69. The van der Waals surface area contributed by atoms with E-state index >= 15 is 0 Å². The normalized spacial score (nSPS) is 36.5. The third-order valence-electron chi connectivity index (χ3n) is 2.35. The van der Waals surface area contributed by atoms with Gasteiger partial charge < -0.3 is 0 Å². The molecule has 0 spiro atoms. The van der Waals surface area contributed by atoms with E-state index in [2.05, 4.69) is 13.5 Å². The molecule has 0 saturated carbocycles. The number of halogens is 5. The molecule has 2 aliphatic rings. The van der Waals surface area contributed by atoms with Crippen LogP contribution in [0.2, 0.25) is 0 Å². The van der Waals surface area contributed by atoms with Crippen molar-refractivity contribution in [1.29, 1.82) is 0 Å². The summed E-state index contributed by atoms with van der Waals surface area (Å²) < 4.78 is 14.4. The third kappa shape index (κ3) is 4.03. The topological polar surface area (TPSA) is 40.3 Å². The van der Waals surface area contributed by atoms with Crippen molar-refractivity contribution in [3.63, 3.8) is 0 Å². The zero-order valence-electron chi connectivity index (χ0n) is 8.56. The van der Waals surface area contributed by atoms with Gasteiger partial charge in [0.25, 0.3) is 11.8 Å². The third-order valence-corrected chi connectivity index (χ3v) is 15.5. The smallest absolute Gasteiger partial charge is 0.240 e. The molecule has 2 heterocycles. The minimum atomic E-state index is -2.88. The first-order chi connectivity index (χ1) is 7.73. The van der Waals surface area contributed by atoms with Crippen LogP contribution in [0.5, 0.6) is 0 Å². The molecule has 100 valence electrons. The molecule has 0 aromatic heterocycles. The van der Waals surface area contributed by atoms with Crippen molar-refractivity contribution >= 4 is 74.7 Å². The van der Waals surface area contributed by atoms with E-state index in [4.69, 9.17) is 56.2 Å². The van der Waals surface area contributed by atoms with Crippen molar-refractivity contribution in [3.8, 4) is 0 Å². The molecule has 0 radical (unpaired) electrons. The SMILES string of the molecule is ClP1(Cl)=NP(Cl)(Cl)=NP(Cl)(N2CCCCC2)=N1. The monoisotopic (exact) mass is 394 g/mol. The molecule has 0 bridgehead atoms. The van der Waals surface area contributed by atoms with Gasteiger partial charge >= 0.3 is 0 Å². The quantitative estimate of drug-likeness (QED) is 0.423. The average molecular weight is 396 g/mol. The lowest BCUT2D eigenvalue weighted by Crippen LogP contribution is -2.24. The molecule has 17 heavy (non-hydrogen) atoms. The molecular weight excluding hydrogens is 386 g/mol. The number of hydrogen-bond acceptors (Lipinski definition) is 4. The standard InChI is InChI=1S/C5H10Cl5N4P3/c6-15(7)11-16(8,9)13-17(10,12-15)14-4-2-1-3-5-14/h1-5H2. The van der Waals surface area contributed by atoms with Gasteiger partial charge in [-0.15, -0.1) is 0 Å². The van der Waals surface area contributed by atoms with Gasteiger partial charge in [-0.1, -0.05) is 6.42 Å². The van der Waals surface area contributed by atoms with Gasteiger partial charge in [-0.25, -0.2) is 4.67 Å². The van der Waals surface area contributed by atoms with E-state index in [1.807, 2.05) is 4.67 Å². The van der Waals surface area contributed by atoms with E-state index < -0.39 is 18.5 Å². The molecule has 0 amide bonds. The zero-order valence-corrected chi connectivity index (χ0v) is 15.0. The number of rotatable bonds is 1. The average Bonchev–Trinajstić information content (AvgIpc) is 2.13. The van der Waals surface area contributed by atoms with Crippen LogP contribution >= 0.6 is 74.7 Å². The van der Waals surface area contributed by atoms with E-state index in [-0.39, 0.29) is 0 Å². The van der Waals surface area contributed by atoms with E-state index in [0.29, 0.717) is 0 Å². The van der Waals surface area contributed by atoms with Gasteiger partial charge in [0.05, 0.1) is 0 Å². The van der Waals surface area contributed by atoms with Crippen LogP contribution in [0.4, 0.5) is 0 Å². The van der Waals surface area contributed by atoms with Gasteiger partial charge in [-0.2, -0.15) is 13.5 Å². The lowest BCUT2D eigenvalue weighted by Gasteiger charge is -2.34. The first-order valence-corrected chi connectivity index (χ1v) is 14.4. The summed E-state index contributed by atoms with van der Waals surface area (Å²) >= 11 is 30.6. The molecule has 1 unspecified atom stereocenters. The lowest BCUT2D eigenvalue weighted by molar-refractivity contribution is 0.370. The van der Waals surface area contributed by atoms with Crippen LogP contribution in [-0.4, -0.2) is 17.8 Å². The van der Waals surface area contributed by atoms with Gasteiger partial charge in [-0.3, -0.25) is 0 Å². The Balaban J connectivity index is 2.47. The first kappa shape index (κ1) is 15.5. The molecule has 0 aromatic rings. The van der Waals surface area contributed by atoms with Crippen molar-refractivity contribution in [2.75, 3.05) is 13.1 Å². The van der Waals surface area contributed by atoms with Crippen LogP contribution in [0, 0.1) is 0 Å². The second kappa shape index (κ2) is 5.47. The molecule has 2 aliphatic heterocycles. The molecule has 0 aliphatic carbocycles. The highest BCUT2D eigenvalue weighted by atomic mass is 35.9. The Morgan fingerprint density at radius 3 is 1.76 bits per heavy atom. The summed E-state index contributed by atoms with van der Waals surface area (Å²) in [6.07, 6.45) is 3.30. The predicted molar refractivity (Wildman–Crippen MR) is 82.7 cm³/mol. The van der Waals surface area contributed by atoms with Gasteiger partial charge in [0.15, 0.2) is 0 Å². The van der Waals surface area contributed by atoms with Crippen LogP contribution < -0.4 is 0 Å². The van der Waals surface area contributed by atoms with Gasteiger partial charge in [0.1, 0.15) is 0 Å². The van der Waals surface area contributed by atoms with Crippen LogP contribution in [0.25, 0.3) is 0 Å². The Kier molecular flexibility index (Phi) is 4.99. The number of nitrogens with zero attached hydrogens (tertiary/aromatic N) is 4. The summed E-state index contributed by atoms with van der Waals surface area (Å²) in [4.78, 5) is 0. The summed E-state index contributed by atoms with van der Waals surface area (Å²) in [7, 11) is 0. The molecule has 1 fully saturated rings. The maximum atomic E-state index is 6.48. The molecule has 1 saturated heterocycles. The lowest BCUT2D eigenvalue weighted by atomic mass is 10.2. The van der Waals surface area contributed by atoms with E-state index in [0.717, 1.165) is 25.9 Å². The fourth-order valence-corrected chi connectivity index (χ4v) is 19.6. The van der Waals surface area contributed by atoms with Gasteiger partial charge in [-0.05, 0) is 69.0 Å². The number of hydrogen-bond donors (Lipinski definition) is 0. The highest BCUT2D eigenvalue weighted by Gasteiger charge is 2.36. The minimum Gasteiger partial charge on any atom is -0.240 e.